The molecule has 0 radical (unpaired) electrons. The second-order valence-electron chi connectivity index (χ2n) is 5.06. The molecule has 0 fully saturated rings. The molecule has 0 saturated heterocycles. The molecule has 4 nitrogen and oxygen atoms in total. The number of alkyl halides is 1. The van der Waals surface area contributed by atoms with Crippen molar-refractivity contribution in [2.75, 3.05) is 0 Å². The van der Waals surface area contributed by atoms with E-state index < -0.39 is 5.63 Å². The highest BCUT2D eigenvalue weighted by Gasteiger charge is 2.07. The number of ketones is 1. The summed E-state index contributed by atoms with van der Waals surface area (Å²) in [6.45, 7) is 1.51. The van der Waals surface area contributed by atoms with E-state index in [1.807, 2.05) is 0 Å². The Morgan fingerprint density at radius 2 is 1.78 bits per heavy atom. The molecule has 0 bridgehead atoms. The van der Waals surface area contributed by atoms with Crippen LogP contribution >= 0.6 is 11.6 Å². The van der Waals surface area contributed by atoms with Gasteiger partial charge < -0.3 is 9.15 Å². The summed E-state index contributed by atoms with van der Waals surface area (Å²) in [5.74, 6) is 1.35. The lowest BCUT2D eigenvalue weighted by molar-refractivity contribution is 0.101. The largest absolute Gasteiger partial charge is 0.457 e. The molecule has 0 spiro atoms. The van der Waals surface area contributed by atoms with Gasteiger partial charge in [-0.1, -0.05) is 0 Å². The van der Waals surface area contributed by atoms with Crippen molar-refractivity contribution in [3.63, 3.8) is 0 Å². The molecule has 3 rings (SSSR count). The zero-order chi connectivity index (χ0) is 16.4. The van der Waals surface area contributed by atoms with Crippen LogP contribution in [0.4, 0.5) is 0 Å². The predicted molar refractivity (Wildman–Crippen MR) is 88.6 cm³/mol. The molecule has 23 heavy (non-hydrogen) atoms. The second-order valence-corrected chi connectivity index (χ2v) is 5.33. The fourth-order valence-corrected chi connectivity index (χ4v) is 2.50. The fourth-order valence-electron chi connectivity index (χ4n) is 2.28. The number of carbonyl (C=O) groups is 1. The third kappa shape index (κ3) is 3.27. The predicted octanol–water partition coefficient (Wildman–Crippen LogP) is 4.53. The quantitative estimate of drug-likeness (QED) is 0.401. The first-order chi connectivity index (χ1) is 11.1. The van der Waals surface area contributed by atoms with Crippen LogP contribution in [0.5, 0.6) is 11.5 Å². The highest BCUT2D eigenvalue weighted by molar-refractivity contribution is 6.17. The molecular weight excluding hydrogens is 316 g/mol. The summed E-state index contributed by atoms with van der Waals surface area (Å²) in [6.07, 6.45) is 0. The standard InChI is InChI=1S/C18H13ClO4/c1-11(20)12-2-4-14(5-3-12)22-15-6-7-16-13(10-19)8-18(21)23-17(16)9-15/h2-9H,10H2,1H3. The van der Waals surface area contributed by atoms with Gasteiger partial charge >= 0.3 is 5.63 Å². The number of Topliss-reactive ketones (excluding diaryl/α,β-unsaturated/α-hetero) is 1. The lowest BCUT2D eigenvalue weighted by Crippen LogP contribution is -1.99. The third-order valence-corrected chi connectivity index (χ3v) is 3.73. The minimum atomic E-state index is -0.448. The van der Waals surface area contributed by atoms with Gasteiger partial charge in [-0.3, -0.25) is 4.79 Å². The number of carbonyl (C=O) groups excluding carboxylic acids is 1. The summed E-state index contributed by atoms with van der Waals surface area (Å²) in [5, 5.41) is 0.777. The van der Waals surface area contributed by atoms with E-state index >= 15 is 0 Å². The van der Waals surface area contributed by atoms with Crippen molar-refractivity contribution in [2.45, 2.75) is 12.8 Å². The zero-order valence-corrected chi connectivity index (χ0v) is 13.1. The summed E-state index contributed by atoms with van der Waals surface area (Å²) < 4.78 is 10.9. The van der Waals surface area contributed by atoms with Crippen LogP contribution in [0, 0.1) is 0 Å². The molecule has 5 heteroatoms. The third-order valence-electron chi connectivity index (χ3n) is 3.44. The molecular formula is C18H13ClO4. The Balaban J connectivity index is 1.94. The van der Waals surface area contributed by atoms with E-state index in [9.17, 15) is 9.59 Å². The van der Waals surface area contributed by atoms with Crippen LogP contribution < -0.4 is 10.4 Å². The Morgan fingerprint density at radius 3 is 2.43 bits per heavy atom. The fraction of sp³-hybridized carbons (Fsp3) is 0.111. The minimum absolute atomic E-state index is 0.00219. The first-order valence-electron chi connectivity index (χ1n) is 6.98. The molecule has 3 aromatic rings. The second kappa shape index (κ2) is 6.26. The molecule has 0 N–H and O–H groups in total. The maximum Gasteiger partial charge on any atom is 0.336 e. The summed E-state index contributed by atoms with van der Waals surface area (Å²) in [4.78, 5) is 22.8. The molecule has 0 aliphatic carbocycles. The van der Waals surface area contributed by atoms with Gasteiger partial charge in [0.15, 0.2) is 5.78 Å². The molecule has 0 atom stereocenters. The van der Waals surface area contributed by atoms with Gasteiger partial charge in [0.25, 0.3) is 0 Å². The van der Waals surface area contributed by atoms with Crippen LogP contribution in [-0.2, 0) is 5.88 Å². The first kappa shape index (κ1) is 15.3. The Kier molecular flexibility index (Phi) is 4.17. The molecule has 0 aliphatic heterocycles. The topological polar surface area (TPSA) is 56.5 Å². The zero-order valence-electron chi connectivity index (χ0n) is 12.3. The summed E-state index contributed by atoms with van der Waals surface area (Å²) in [5.41, 5.74) is 1.31. The van der Waals surface area contributed by atoms with E-state index in [0.29, 0.717) is 22.6 Å². The van der Waals surface area contributed by atoms with E-state index in [2.05, 4.69) is 0 Å². The van der Waals surface area contributed by atoms with E-state index in [0.717, 1.165) is 10.9 Å². The minimum Gasteiger partial charge on any atom is -0.457 e. The van der Waals surface area contributed by atoms with Gasteiger partial charge in [-0.15, -0.1) is 11.6 Å². The van der Waals surface area contributed by atoms with Gasteiger partial charge in [0.1, 0.15) is 17.1 Å². The van der Waals surface area contributed by atoms with Crippen molar-refractivity contribution >= 4 is 28.4 Å². The summed E-state index contributed by atoms with van der Waals surface area (Å²) in [6, 6.07) is 13.4. The van der Waals surface area contributed by atoms with Gasteiger partial charge in [0, 0.05) is 29.0 Å². The first-order valence-corrected chi connectivity index (χ1v) is 7.52. The van der Waals surface area contributed by atoms with Gasteiger partial charge in [0.05, 0.1) is 0 Å². The monoisotopic (exact) mass is 328 g/mol. The van der Waals surface area contributed by atoms with Crippen LogP contribution in [0.25, 0.3) is 11.0 Å². The van der Waals surface area contributed by atoms with Crippen molar-refractivity contribution in [3.8, 4) is 11.5 Å². The number of rotatable bonds is 4. The molecule has 1 heterocycles. The van der Waals surface area contributed by atoms with E-state index in [1.54, 1.807) is 42.5 Å². The maximum atomic E-state index is 11.5. The van der Waals surface area contributed by atoms with Gasteiger partial charge in [-0.05, 0) is 48.9 Å². The van der Waals surface area contributed by atoms with Gasteiger partial charge in [-0.25, -0.2) is 4.79 Å². The molecule has 0 aliphatic rings. The molecule has 2 aromatic carbocycles. The Morgan fingerprint density at radius 1 is 1.09 bits per heavy atom. The Hall–Kier alpha value is -2.59. The highest BCUT2D eigenvalue weighted by Crippen LogP contribution is 2.27. The summed E-state index contributed by atoms with van der Waals surface area (Å²) in [7, 11) is 0. The molecule has 0 saturated carbocycles. The number of halogens is 1. The van der Waals surface area contributed by atoms with E-state index in [4.69, 9.17) is 20.8 Å². The average molecular weight is 329 g/mol. The number of fused-ring (bicyclic) bond motifs is 1. The van der Waals surface area contributed by atoms with Crippen molar-refractivity contribution < 1.29 is 13.9 Å². The summed E-state index contributed by atoms with van der Waals surface area (Å²) >= 11 is 5.85. The maximum absolute atomic E-state index is 11.5. The van der Waals surface area contributed by atoms with Crippen LogP contribution in [0.3, 0.4) is 0 Å². The van der Waals surface area contributed by atoms with Crippen LogP contribution in [0.1, 0.15) is 22.8 Å². The van der Waals surface area contributed by atoms with Crippen LogP contribution in [0.2, 0.25) is 0 Å². The molecule has 0 unspecified atom stereocenters. The van der Waals surface area contributed by atoms with Crippen molar-refractivity contribution in [1.82, 2.24) is 0 Å². The van der Waals surface area contributed by atoms with Crippen LogP contribution in [0.15, 0.2) is 57.7 Å². The van der Waals surface area contributed by atoms with Gasteiger partial charge in [0.2, 0.25) is 0 Å². The Labute approximate surface area is 137 Å². The highest BCUT2D eigenvalue weighted by atomic mass is 35.5. The Bertz CT molecular complexity index is 926. The van der Waals surface area contributed by atoms with Crippen molar-refractivity contribution in [2.24, 2.45) is 0 Å². The SMILES string of the molecule is CC(=O)c1ccc(Oc2ccc3c(CCl)cc(=O)oc3c2)cc1. The molecule has 116 valence electrons. The number of benzene rings is 2. The van der Waals surface area contributed by atoms with E-state index in [-0.39, 0.29) is 11.7 Å². The number of hydrogen-bond acceptors (Lipinski definition) is 4. The van der Waals surface area contributed by atoms with E-state index in [1.165, 1.54) is 13.0 Å². The van der Waals surface area contributed by atoms with Crippen molar-refractivity contribution in [3.05, 3.63) is 70.1 Å². The lowest BCUT2D eigenvalue weighted by Gasteiger charge is -2.08. The smallest absolute Gasteiger partial charge is 0.336 e. The lowest BCUT2D eigenvalue weighted by atomic mass is 10.1. The molecule has 0 amide bonds. The normalized spacial score (nSPS) is 10.7. The van der Waals surface area contributed by atoms with Crippen molar-refractivity contribution in [1.29, 1.82) is 0 Å². The number of ether oxygens (including phenoxy) is 1. The number of hydrogen-bond donors (Lipinski definition) is 0. The molecule has 1 aromatic heterocycles. The average Bonchev–Trinajstić information content (AvgIpc) is 2.54. The van der Waals surface area contributed by atoms with Crippen LogP contribution in [-0.4, -0.2) is 5.78 Å². The van der Waals surface area contributed by atoms with Gasteiger partial charge in [-0.2, -0.15) is 0 Å².